The van der Waals surface area contributed by atoms with Crippen molar-refractivity contribution in [3.8, 4) is 0 Å². The average molecular weight is 226 g/mol. The number of hydrogen-bond donors (Lipinski definition) is 2. The summed E-state index contributed by atoms with van der Waals surface area (Å²) in [7, 11) is 0. The Bertz CT molecular complexity index is 285. The van der Waals surface area contributed by atoms with Crippen LogP contribution in [0.2, 0.25) is 0 Å². The van der Waals surface area contributed by atoms with Crippen LogP contribution in [0.15, 0.2) is 16.8 Å². The fourth-order valence-electron chi connectivity index (χ4n) is 1.33. The molecule has 84 valence electrons. The number of rotatable bonds is 6. The summed E-state index contributed by atoms with van der Waals surface area (Å²) in [6.07, 6.45) is 0.544. The summed E-state index contributed by atoms with van der Waals surface area (Å²) in [5.41, 5.74) is 1.29. The molecular formula is C11H18N2OS. The van der Waals surface area contributed by atoms with E-state index < -0.39 is 0 Å². The first-order valence-corrected chi connectivity index (χ1v) is 6.20. The van der Waals surface area contributed by atoms with E-state index in [0.29, 0.717) is 19.0 Å². The Morgan fingerprint density at radius 1 is 1.60 bits per heavy atom. The van der Waals surface area contributed by atoms with Crippen LogP contribution in [0, 0.1) is 0 Å². The summed E-state index contributed by atoms with van der Waals surface area (Å²) in [6.45, 7) is 5.47. The lowest BCUT2D eigenvalue weighted by atomic mass is 10.2. The Morgan fingerprint density at radius 2 is 2.40 bits per heavy atom. The van der Waals surface area contributed by atoms with E-state index in [0.717, 1.165) is 6.54 Å². The van der Waals surface area contributed by atoms with Gasteiger partial charge >= 0.3 is 0 Å². The third kappa shape index (κ3) is 4.44. The number of amides is 1. The SMILES string of the molecule is CCNC(=O)CCNC(C)c1ccsc1. The van der Waals surface area contributed by atoms with Gasteiger partial charge in [-0.15, -0.1) is 0 Å². The van der Waals surface area contributed by atoms with Crippen molar-refractivity contribution in [3.63, 3.8) is 0 Å². The van der Waals surface area contributed by atoms with Crippen molar-refractivity contribution in [2.45, 2.75) is 26.3 Å². The van der Waals surface area contributed by atoms with Gasteiger partial charge < -0.3 is 10.6 Å². The van der Waals surface area contributed by atoms with E-state index in [1.165, 1.54) is 5.56 Å². The van der Waals surface area contributed by atoms with Gasteiger partial charge in [0.1, 0.15) is 0 Å². The highest BCUT2D eigenvalue weighted by Gasteiger charge is 2.05. The van der Waals surface area contributed by atoms with Gasteiger partial charge in [0, 0.05) is 25.6 Å². The van der Waals surface area contributed by atoms with E-state index in [1.54, 1.807) is 11.3 Å². The summed E-state index contributed by atoms with van der Waals surface area (Å²) in [5, 5.41) is 10.3. The monoisotopic (exact) mass is 226 g/mol. The van der Waals surface area contributed by atoms with Crippen LogP contribution in [-0.2, 0) is 4.79 Å². The first-order chi connectivity index (χ1) is 7.24. The number of carbonyl (C=O) groups is 1. The molecule has 0 bridgehead atoms. The van der Waals surface area contributed by atoms with Crippen molar-refractivity contribution in [2.75, 3.05) is 13.1 Å². The molecule has 0 fully saturated rings. The van der Waals surface area contributed by atoms with Gasteiger partial charge in [-0.1, -0.05) is 0 Å². The van der Waals surface area contributed by atoms with Gasteiger partial charge in [0.15, 0.2) is 0 Å². The quantitative estimate of drug-likeness (QED) is 0.778. The lowest BCUT2D eigenvalue weighted by molar-refractivity contribution is -0.120. The summed E-state index contributed by atoms with van der Waals surface area (Å²) < 4.78 is 0. The van der Waals surface area contributed by atoms with Crippen molar-refractivity contribution in [3.05, 3.63) is 22.4 Å². The molecule has 4 heteroatoms. The van der Waals surface area contributed by atoms with Gasteiger partial charge in [0.25, 0.3) is 0 Å². The molecule has 0 saturated carbocycles. The smallest absolute Gasteiger partial charge is 0.221 e. The molecule has 0 aliphatic rings. The maximum Gasteiger partial charge on any atom is 0.221 e. The first-order valence-electron chi connectivity index (χ1n) is 5.26. The van der Waals surface area contributed by atoms with Crippen LogP contribution in [0.25, 0.3) is 0 Å². The topological polar surface area (TPSA) is 41.1 Å². The van der Waals surface area contributed by atoms with Crippen molar-refractivity contribution in [1.82, 2.24) is 10.6 Å². The maximum atomic E-state index is 11.2. The summed E-state index contributed by atoms with van der Waals surface area (Å²) in [6, 6.07) is 2.43. The molecule has 0 aliphatic carbocycles. The minimum Gasteiger partial charge on any atom is -0.356 e. The van der Waals surface area contributed by atoms with E-state index in [1.807, 2.05) is 6.92 Å². The third-order valence-electron chi connectivity index (χ3n) is 2.22. The van der Waals surface area contributed by atoms with Gasteiger partial charge in [-0.2, -0.15) is 11.3 Å². The molecule has 0 radical (unpaired) electrons. The summed E-state index contributed by atoms with van der Waals surface area (Å²) in [4.78, 5) is 11.2. The normalized spacial score (nSPS) is 12.4. The fraction of sp³-hybridized carbons (Fsp3) is 0.545. The lowest BCUT2D eigenvalue weighted by Gasteiger charge is -2.11. The van der Waals surface area contributed by atoms with Crippen molar-refractivity contribution in [1.29, 1.82) is 0 Å². The van der Waals surface area contributed by atoms with Gasteiger partial charge in [-0.05, 0) is 36.2 Å². The van der Waals surface area contributed by atoms with Crippen LogP contribution in [-0.4, -0.2) is 19.0 Å². The van der Waals surface area contributed by atoms with Crippen LogP contribution >= 0.6 is 11.3 Å². The van der Waals surface area contributed by atoms with Crippen LogP contribution < -0.4 is 10.6 Å². The van der Waals surface area contributed by atoms with Gasteiger partial charge in [-0.3, -0.25) is 4.79 Å². The Labute approximate surface area is 94.9 Å². The van der Waals surface area contributed by atoms with Gasteiger partial charge in [0.05, 0.1) is 0 Å². The van der Waals surface area contributed by atoms with Crippen molar-refractivity contribution < 1.29 is 4.79 Å². The number of thiophene rings is 1. The zero-order valence-electron chi connectivity index (χ0n) is 9.25. The maximum absolute atomic E-state index is 11.2. The molecule has 15 heavy (non-hydrogen) atoms. The van der Waals surface area contributed by atoms with Crippen LogP contribution in [0.5, 0.6) is 0 Å². The highest BCUT2D eigenvalue weighted by atomic mass is 32.1. The molecule has 0 aromatic carbocycles. The van der Waals surface area contributed by atoms with Crippen LogP contribution in [0.3, 0.4) is 0 Å². The number of hydrogen-bond acceptors (Lipinski definition) is 3. The Hall–Kier alpha value is -0.870. The van der Waals surface area contributed by atoms with Crippen molar-refractivity contribution >= 4 is 17.2 Å². The molecule has 1 aromatic rings. The molecule has 1 rings (SSSR count). The highest BCUT2D eigenvalue weighted by Crippen LogP contribution is 2.14. The number of nitrogens with one attached hydrogen (secondary N) is 2. The van der Waals surface area contributed by atoms with E-state index in [-0.39, 0.29) is 5.91 Å². The second-order valence-electron chi connectivity index (χ2n) is 3.44. The molecule has 1 heterocycles. The Morgan fingerprint density at radius 3 is 3.00 bits per heavy atom. The molecule has 0 spiro atoms. The van der Waals surface area contributed by atoms with Crippen LogP contribution in [0.4, 0.5) is 0 Å². The Kier molecular flexibility index (Phi) is 5.36. The molecule has 1 amide bonds. The molecule has 3 nitrogen and oxygen atoms in total. The average Bonchev–Trinajstić information content (AvgIpc) is 2.70. The van der Waals surface area contributed by atoms with E-state index in [2.05, 4.69) is 34.4 Å². The lowest BCUT2D eigenvalue weighted by Crippen LogP contribution is -2.28. The molecule has 1 atom stereocenters. The predicted molar refractivity (Wildman–Crippen MR) is 64.0 cm³/mol. The summed E-state index contributed by atoms with van der Waals surface area (Å²) >= 11 is 1.70. The summed E-state index contributed by atoms with van der Waals surface area (Å²) in [5.74, 6) is 0.113. The minimum absolute atomic E-state index is 0.113. The standard InChI is InChI=1S/C11H18N2OS/c1-3-12-11(14)4-6-13-9(2)10-5-7-15-8-10/h5,7-9,13H,3-4,6H2,1-2H3,(H,12,14). The molecule has 0 aliphatic heterocycles. The van der Waals surface area contributed by atoms with Crippen molar-refractivity contribution in [2.24, 2.45) is 0 Å². The predicted octanol–water partition coefficient (Wildman–Crippen LogP) is 1.92. The second-order valence-corrected chi connectivity index (χ2v) is 4.22. The molecular weight excluding hydrogens is 208 g/mol. The third-order valence-corrected chi connectivity index (χ3v) is 2.92. The van der Waals surface area contributed by atoms with E-state index >= 15 is 0 Å². The largest absolute Gasteiger partial charge is 0.356 e. The molecule has 1 aromatic heterocycles. The zero-order valence-corrected chi connectivity index (χ0v) is 10.1. The molecule has 1 unspecified atom stereocenters. The minimum atomic E-state index is 0.113. The van der Waals surface area contributed by atoms with E-state index in [9.17, 15) is 4.79 Å². The molecule has 2 N–H and O–H groups in total. The number of carbonyl (C=O) groups excluding carboxylic acids is 1. The van der Waals surface area contributed by atoms with E-state index in [4.69, 9.17) is 0 Å². The van der Waals surface area contributed by atoms with Gasteiger partial charge in [0.2, 0.25) is 5.91 Å². The molecule has 0 saturated heterocycles. The van der Waals surface area contributed by atoms with Crippen LogP contribution in [0.1, 0.15) is 31.9 Å². The zero-order chi connectivity index (χ0) is 11.1. The Balaban J connectivity index is 2.18. The van der Waals surface area contributed by atoms with Gasteiger partial charge in [-0.25, -0.2) is 0 Å². The second kappa shape index (κ2) is 6.58. The highest BCUT2D eigenvalue weighted by molar-refractivity contribution is 7.07. The fourth-order valence-corrected chi connectivity index (χ4v) is 2.08. The first kappa shape index (κ1) is 12.2.